The van der Waals surface area contributed by atoms with Crippen molar-refractivity contribution >= 4 is 27.6 Å². The lowest BCUT2D eigenvalue weighted by Crippen LogP contribution is -2.35. The van der Waals surface area contributed by atoms with E-state index >= 15 is 0 Å². The van der Waals surface area contributed by atoms with Gasteiger partial charge in [-0.3, -0.25) is 9.59 Å². The lowest BCUT2D eigenvalue weighted by Gasteiger charge is -2.11. The maximum atomic E-state index is 12.2. The second-order valence-corrected chi connectivity index (χ2v) is 5.09. The molecule has 0 aromatic heterocycles. The summed E-state index contributed by atoms with van der Waals surface area (Å²) in [5.74, 6) is -2.29. The molecule has 0 aliphatic carbocycles. The fourth-order valence-electron chi connectivity index (χ4n) is 1.60. The van der Waals surface area contributed by atoms with Gasteiger partial charge in [0.1, 0.15) is 0 Å². The van der Waals surface area contributed by atoms with Crippen molar-refractivity contribution in [1.82, 2.24) is 5.32 Å². The van der Waals surface area contributed by atoms with Crippen molar-refractivity contribution in [2.45, 2.75) is 20.3 Å². The quantitative estimate of drug-likeness (QED) is 0.669. The van der Waals surface area contributed by atoms with E-state index in [1.54, 1.807) is 25.1 Å². The fourth-order valence-corrected chi connectivity index (χ4v) is 1.96. The normalized spacial score (nSPS) is 11.5. The zero-order valence-electron chi connectivity index (χ0n) is 10.9. The molecular formula is C14H15BrN2O2. The summed E-state index contributed by atoms with van der Waals surface area (Å²) in [7, 11) is 0. The van der Waals surface area contributed by atoms with Gasteiger partial charge in [0.25, 0.3) is 0 Å². The molecule has 0 saturated heterocycles. The number of nitrogens with zero attached hydrogens (tertiary/aromatic N) is 1. The molecule has 0 unspecified atom stereocenters. The number of hydrogen-bond acceptors (Lipinski definition) is 3. The Morgan fingerprint density at radius 2 is 2.16 bits per heavy atom. The van der Waals surface area contributed by atoms with Crippen LogP contribution in [0.2, 0.25) is 0 Å². The monoisotopic (exact) mass is 322 g/mol. The first-order valence-electron chi connectivity index (χ1n) is 5.99. The van der Waals surface area contributed by atoms with Crippen molar-refractivity contribution < 1.29 is 9.59 Å². The molecule has 100 valence electrons. The van der Waals surface area contributed by atoms with Gasteiger partial charge in [-0.1, -0.05) is 28.9 Å². The molecule has 19 heavy (non-hydrogen) atoms. The van der Waals surface area contributed by atoms with Crippen molar-refractivity contribution in [3.63, 3.8) is 0 Å². The average molecular weight is 323 g/mol. The lowest BCUT2D eigenvalue weighted by atomic mass is 9.95. The van der Waals surface area contributed by atoms with Gasteiger partial charge in [0.2, 0.25) is 5.91 Å². The molecule has 0 spiro atoms. The minimum atomic E-state index is -1.29. The predicted molar refractivity (Wildman–Crippen MR) is 75.6 cm³/mol. The summed E-state index contributed by atoms with van der Waals surface area (Å²) in [5, 5.41) is 11.6. The number of benzene rings is 1. The zero-order valence-corrected chi connectivity index (χ0v) is 12.5. The number of rotatable bonds is 5. The number of nitrogens with one attached hydrogen (secondary N) is 1. The van der Waals surface area contributed by atoms with Gasteiger partial charge in [-0.25, -0.2) is 0 Å². The molecule has 1 atom stereocenters. The first-order valence-corrected chi connectivity index (χ1v) is 6.78. The number of halogens is 1. The van der Waals surface area contributed by atoms with E-state index in [2.05, 4.69) is 21.2 Å². The number of carbonyl (C=O) groups is 2. The smallest absolute Gasteiger partial charge is 0.245 e. The average Bonchev–Trinajstić information content (AvgIpc) is 2.39. The van der Waals surface area contributed by atoms with E-state index in [4.69, 9.17) is 5.26 Å². The molecule has 0 saturated carbocycles. The van der Waals surface area contributed by atoms with Crippen LogP contribution >= 0.6 is 15.9 Å². The summed E-state index contributed by atoms with van der Waals surface area (Å²) in [6.07, 6.45) is 0.758. The van der Waals surface area contributed by atoms with E-state index in [0.717, 1.165) is 16.5 Å². The van der Waals surface area contributed by atoms with Crippen molar-refractivity contribution in [3.05, 3.63) is 33.8 Å². The summed E-state index contributed by atoms with van der Waals surface area (Å²) < 4.78 is 0.743. The fraction of sp³-hybridized carbons (Fsp3) is 0.357. The number of nitriles is 1. The van der Waals surface area contributed by atoms with Crippen molar-refractivity contribution in [2.75, 3.05) is 6.54 Å². The van der Waals surface area contributed by atoms with Crippen molar-refractivity contribution in [3.8, 4) is 6.07 Å². The molecule has 0 aliphatic rings. The molecule has 0 fully saturated rings. The number of aryl methyl sites for hydroxylation is 1. The summed E-state index contributed by atoms with van der Waals surface area (Å²) in [6, 6.07) is 7.00. The molecule has 1 amide bonds. The van der Waals surface area contributed by atoms with E-state index in [9.17, 15) is 9.59 Å². The van der Waals surface area contributed by atoms with Crippen LogP contribution in [0.4, 0.5) is 0 Å². The second kappa shape index (κ2) is 7.05. The summed E-state index contributed by atoms with van der Waals surface area (Å²) in [5.41, 5.74) is 1.14. The van der Waals surface area contributed by atoms with Gasteiger partial charge in [0.05, 0.1) is 6.07 Å². The van der Waals surface area contributed by atoms with E-state index < -0.39 is 17.6 Å². The molecule has 1 rings (SSSR count). The van der Waals surface area contributed by atoms with Crippen molar-refractivity contribution in [1.29, 1.82) is 5.26 Å². The van der Waals surface area contributed by atoms with Crippen LogP contribution in [0.5, 0.6) is 0 Å². The van der Waals surface area contributed by atoms with Crippen LogP contribution in [0.1, 0.15) is 29.3 Å². The van der Waals surface area contributed by atoms with Gasteiger partial charge in [0, 0.05) is 16.6 Å². The summed E-state index contributed by atoms with van der Waals surface area (Å²) >= 11 is 3.28. The van der Waals surface area contributed by atoms with Gasteiger partial charge < -0.3 is 5.32 Å². The molecule has 5 heteroatoms. The third kappa shape index (κ3) is 3.90. The highest BCUT2D eigenvalue weighted by Crippen LogP contribution is 2.19. The number of ketones is 1. The Kier molecular flexibility index (Phi) is 5.71. The SMILES string of the molecule is CCCNC(=O)[C@H](C#N)C(=O)c1cc(Br)ccc1C. The zero-order chi connectivity index (χ0) is 14.4. The minimum absolute atomic E-state index is 0.396. The first-order chi connectivity index (χ1) is 9.01. The Hall–Kier alpha value is -1.67. The molecule has 0 heterocycles. The molecule has 0 radical (unpaired) electrons. The first kappa shape index (κ1) is 15.4. The Morgan fingerprint density at radius 3 is 2.74 bits per heavy atom. The number of carbonyl (C=O) groups excluding carboxylic acids is 2. The predicted octanol–water partition coefficient (Wildman–Crippen LogP) is 2.61. The maximum Gasteiger partial charge on any atom is 0.245 e. The second-order valence-electron chi connectivity index (χ2n) is 4.18. The lowest BCUT2D eigenvalue weighted by molar-refractivity contribution is -0.122. The molecule has 1 aromatic carbocycles. The van der Waals surface area contributed by atoms with Crippen LogP contribution in [0.25, 0.3) is 0 Å². The van der Waals surface area contributed by atoms with Crippen LogP contribution < -0.4 is 5.32 Å². The Labute approximate surface area is 120 Å². The Morgan fingerprint density at radius 1 is 1.47 bits per heavy atom. The topological polar surface area (TPSA) is 70.0 Å². The molecular weight excluding hydrogens is 308 g/mol. The van der Waals surface area contributed by atoms with Gasteiger partial charge in [-0.2, -0.15) is 5.26 Å². The molecule has 0 bridgehead atoms. The van der Waals surface area contributed by atoms with Crippen LogP contribution in [0.15, 0.2) is 22.7 Å². The third-order valence-electron chi connectivity index (χ3n) is 2.67. The van der Waals surface area contributed by atoms with E-state index in [-0.39, 0.29) is 0 Å². The number of amides is 1. The van der Waals surface area contributed by atoms with Crippen molar-refractivity contribution in [2.24, 2.45) is 5.92 Å². The number of Topliss-reactive ketones (excluding diaryl/α,β-unsaturated/α-hetero) is 1. The molecule has 1 aromatic rings. The van der Waals surface area contributed by atoms with Crippen LogP contribution in [-0.2, 0) is 4.79 Å². The van der Waals surface area contributed by atoms with E-state index in [0.29, 0.717) is 12.1 Å². The Bertz CT molecular complexity index is 535. The summed E-state index contributed by atoms with van der Waals surface area (Å²) in [6.45, 7) is 4.14. The molecule has 1 N–H and O–H groups in total. The standard InChI is InChI=1S/C14H15BrN2O2/c1-3-6-17-14(19)12(8-16)13(18)11-7-10(15)5-4-9(11)2/h4-5,7,12H,3,6H2,1-2H3,(H,17,19)/t12-/m1/s1. The highest BCUT2D eigenvalue weighted by molar-refractivity contribution is 9.10. The largest absolute Gasteiger partial charge is 0.355 e. The van der Waals surface area contributed by atoms with Gasteiger partial charge in [-0.05, 0) is 31.0 Å². The minimum Gasteiger partial charge on any atom is -0.355 e. The highest BCUT2D eigenvalue weighted by atomic mass is 79.9. The molecule has 0 aliphatic heterocycles. The molecule has 4 nitrogen and oxygen atoms in total. The summed E-state index contributed by atoms with van der Waals surface area (Å²) in [4.78, 5) is 24.0. The van der Waals surface area contributed by atoms with E-state index in [1.165, 1.54) is 0 Å². The third-order valence-corrected chi connectivity index (χ3v) is 3.16. The van der Waals surface area contributed by atoms with E-state index in [1.807, 2.05) is 13.0 Å². The highest BCUT2D eigenvalue weighted by Gasteiger charge is 2.28. The van der Waals surface area contributed by atoms with Crippen LogP contribution in [-0.4, -0.2) is 18.2 Å². The maximum absolute atomic E-state index is 12.2. The number of hydrogen-bond donors (Lipinski definition) is 1. The van der Waals surface area contributed by atoms with Gasteiger partial charge in [-0.15, -0.1) is 0 Å². The van der Waals surface area contributed by atoms with Gasteiger partial charge in [0.15, 0.2) is 11.7 Å². The van der Waals surface area contributed by atoms with Crippen LogP contribution in [0, 0.1) is 24.2 Å². The van der Waals surface area contributed by atoms with Crippen LogP contribution in [0.3, 0.4) is 0 Å². The Balaban J connectivity index is 2.99. The van der Waals surface area contributed by atoms with Gasteiger partial charge >= 0.3 is 0 Å².